The molecule has 6 nitrogen and oxygen atoms in total. The van der Waals surface area contributed by atoms with Gasteiger partial charge in [0, 0.05) is 18.1 Å². The Labute approximate surface area is 168 Å². The lowest BCUT2D eigenvalue weighted by Gasteiger charge is -2.18. The van der Waals surface area contributed by atoms with Gasteiger partial charge in [-0.1, -0.05) is 26.8 Å². The van der Waals surface area contributed by atoms with Crippen LogP contribution in [0.5, 0.6) is 17.4 Å². The van der Waals surface area contributed by atoms with Crippen molar-refractivity contribution < 1.29 is 27.4 Å². The number of ether oxygens (including phenoxy) is 3. The fourth-order valence-corrected chi connectivity index (χ4v) is 2.82. The zero-order valence-corrected chi connectivity index (χ0v) is 17.0. The summed E-state index contributed by atoms with van der Waals surface area (Å²) in [5, 5.41) is 0. The van der Waals surface area contributed by atoms with Crippen molar-refractivity contribution >= 4 is 5.82 Å². The number of hydrogen-bond acceptors (Lipinski definition) is 6. The van der Waals surface area contributed by atoms with Crippen LogP contribution in [0.2, 0.25) is 0 Å². The quantitative estimate of drug-likeness (QED) is 0.643. The van der Waals surface area contributed by atoms with E-state index < -0.39 is 6.36 Å². The number of nitrogen functional groups attached to an aromatic ring is 1. The first-order chi connectivity index (χ1) is 13.7. The summed E-state index contributed by atoms with van der Waals surface area (Å²) in [7, 11) is 1.37. The number of halogens is 3. The maximum atomic E-state index is 12.4. The first kappa shape index (κ1) is 22.6. The van der Waals surface area contributed by atoms with E-state index in [1.54, 1.807) is 0 Å². The largest absolute Gasteiger partial charge is 0.573 e. The summed E-state index contributed by atoms with van der Waals surface area (Å²) in [6, 6.07) is 3.89. The molecule has 0 aliphatic carbocycles. The number of methoxy groups -OCH3 is 1. The number of anilines is 1. The van der Waals surface area contributed by atoms with Gasteiger partial charge in [-0.3, -0.25) is 0 Å². The minimum atomic E-state index is -4.77. The van der Waals surface area contributed by atoms with Crippen molar-refractivity contribution in [3.05, 3.63) is 35.2 Å². The maximum Gasteiger partial charge on any atom is 0.573 e. The summed E-state index contributed by atoms with van der Waals surface area (Å²) >= 11 is 0. The summed E-state index contributed by atoms with van der Waals surface area (Å²) in [6.45, 7) is 6.00. The fraction of sp³-hybridized carbons (Fsp3) is 0.500. The van der Waals surface area contributed by atoms with Crippen LogP contribution >= 0.6 is 0 Å². The topological polar surface area (TPSA) is 79.5 Å². The van der Waals surface area contributed by atoms with E-state index in [2.05, 4.69) is 14.7 Å². The predicted molar refractivity (Wildman–Crippen MR) is 103 cm³/mol. The van der Waals surface area contributed by atoms with Gasteiger partial charge in [0.05, 0.1) is 18.9 Å². The van der Waals surface area contributed by atoms with Crippen molar-refractivity contribution in [2.24, 2.45) is 0 Å². The first-order valence-electron chi connectivity index (χ1n) is 9.45. The monoisotopic (exact) mass is 413 g/mol. The second-order valence-corrected chi connectivity index (χ2v) is 6.42. The molecule has 1 aromatic carbocycles. The highest BCUT2D eigenvalue weighted by Gasteiger charge is 2.31. The van der Waals surface area contributed by atoms with Crippen molar-refractivity contribution in [2.75, 3.05) is 12.8 Å². The van der Waals surface area contributed by atoms with Gasteiger partial charge in [-0.25, -0.2) is 4.98 Å². The van der Waals surface area contributed by atoms with Crippen molar-refractivity contribution in [3.63, 3.8) is 0 Å². The molecule has 2 rings (SSSR count). The molecule has 2 aromatic rings. The Morgan fingerprint density at radius 3 is 2.31 bits per heavy atom. The molecular weight excluding hydrogens is 387 g/mol. The van der Waals surface area contributed by atoms with Gasteiger partial charge in [-0.2, -0.15) is 4.98 Å². The molecule has 0 aliphatic rings. The van der Waals surface area contributed by atoms with E-state index in [0.29, 0.717) is 29.3 Å². The summed E-state index contributed by atoms with van der Waals surface area (Å²) in [5.41, 5.74) is 7.88. The molecule has 1 heterocycles. The third-order valence-electron chi connectivity index (χ3n) is 4.41. The molecule has 0 radical (unpaired) electrons. The fourth-order valence-electron chi connectivity index (χ4n) is 2.82. The predicted octanol–water partition coefficient (Wildman–Crippen LogP) is 4.69. The lowest BCUT2D eigenvalue weighted by molar-refractivity contribution is -0.274. The smallest absolute Gasteiger partial charge is 0.496 e. The van der Waals surface area contributed by atoms with Gasteiger partial charge in [-0.15, -0.1) is 13.2 Å². The van der Waals surface area contributed by atoms with Crippen LogP contribution in [0.4, 0.5) is 19.0 Å². The van der Waals surface area contributed by atoms with Gasteiger partial charge < -0.3 is 19.9 Å². The Morgan fingerprint density at radius 1 is 1.07 bits per heavy atom. The Hall–Kier alpha value is -2.71. The van der Waals surface area contributed by atoms with Crippen molar-refractivity contribution in [2.45, 2.75) is 58.9 Å². The summed E-state index contributed by atoms with van der Waals surface area (Å²) in [5.74, 6) is 0.507. The first-order valence-corrected chi connectivity index (χ1v) is 9.45. The van der Waals surface area contributed by atoms with Crippen LogP contribution in [-0.4, -0.2) is 29.5 Å². The molecule has 9 heteroatoms. The number of rotatable bonds is 9. The molecule has 0 unspecified atom stereocenters. The Balaban J connectivity index is 2.31. The molecule has 0 spiro atoms. The third kappa shape index (κ3) is 6.13. The number of nitrogens with two attached hydrogens (primary N) is 1. The number of benzene rings is 1. The van der Waals surface area contributed by atoms with Crippen LogP contribution in [0.15, 0.2) is 18.2 Å². The highest BCUT2D eigenvalue weighted by molar-refractivity contribution is 5.47. The second kappa shape index (κ2) is 9.67. The Bertz CT molecular complexity index is 825. The van der Waals surface area contributed by atoms with E-state index >= 15 is 0 Å². The molecule has 2 N–H and O–H groups in total. The lowest BCUT2D eigenvalue weighted by Crippen LogP contribution is -2.18. The van der Waals surface area contributed by atoms with Gasteiger partial charge >= 0.3 is 6.36 Å². The van der Waals surface area contributed by atoms with E-state index in [1.165, 1.54) is 25.3 Å². The molecule has 0 fully saturated rings. The molecule has 1 aromatic heterocycles. The van der Waals surface area contributed by atoms with E-state index in [-0.39, 0.29) is 29.8 Å². The van der Waals surface area contributed by atoms with E-state index in [4.69, 9.17) is 15.2 Å². The number of alkyl halides is 3. The zero-order valence-electron chi connectivity index (χ0n) is 17.0. The highest BCUT2D eigenvalue weighted by Crippen LogP contribution is 2.31. The Morgan fingerprint density at radius 2 is 1.76 bits per heavy atom. The molecule has 0 amide bonds. The van der Waals surface area contributed by atoms with Crippen LogP contribution in [0.1, 0.15) is 50.6 Å². The van der Waals surface area contributed by atoms with Gasteiger partial charge in [-0.05, 0) is 25.3 Å². The molecule has 0 aliphatic heterocycles. The van der Waals surface area contributed by atoms with Gasteiger partial charge in [0.15, 0.2) is 0 Å². The van der Waals surface area contributed by atoms with Crippen molar-refractivity contribution in [1.29, 1.82) is 0 Å². The van der Waals surface area contributed by atoms with Crippen molar-refractivity contribution in [1.82, 2.24) is 9.97 Å². The average Bonchev–Trinajstić information content (AvgIpc) is 2.67. The number of nitrogens with zero attached hydrogens (tertiary/aromatic N) is 2. The second-order valence-electron chi connectivity index (χ2n) is 6.42. The summed E-state index contributed by atoms with van der Waals surface area (Å²) < 4.78 is 52.4. The van der Waals surface area contributed by atoms with Crippen LogP contribution in [0.3, 0.4) is 0 Å². The van der Waals surface area contributed by atoms with Gasteiger partial charge in [0.25, 0.3) is 0 Å². The minimum Gasteiger partial charge on any atom is -0.496 e. The number of hydrogen-bond donors (Lipinski definition) is 1. The SMILES string of the molecule is CCc1nc(Cc2ccc(OC(F)(F)F)cc2OC)c(N)nc1OC(CC)CC. The summed E-state index contributed by atoms with van der Waals surface area (Å²) in [4.78, 5) is 8.96. The van der Waals surface area contributed by atoms with E-state index in [0.717, 1.165) is 12.8 Å². The normalized spacial score (nSPS) is 11.6. The molecule has 160 valence electrons. The standard InChI is InChI=1S/C20H26F3N3O3/c1-5-13(6-2)28-19-15(7-3)25-16(18(24)26-19)10-12-8-9-14(11-17(12)27-4)29-20(21,22)23/h8-9,11,13H,5-7,10H2,1-4H3,(H2,24,26). The van der Waals surface area contributed by atoms with E-state index in [9.17, 15) is 13.2 Å². The number of aromatic nitrogens is 2. The molecule has 0 saturated carbocycles. The van der Waals surface area contributed by atoms with Gasteiger partial charge in [0.2, 0.25) is 5.88 Å². The average molecular weight is 413 g/mol. The van der Waals surface area contributed by atoms with Gasteiger partial charge in [0.1, 0.15) is 23.0 Å². The van der Waals surface area contributed by atoms with Crippen molar-refractivity contribution in [3.8, 4) is 17.4 Å². The van der Waals surface area contributed by atoms with E-state index in [1.807, 2.05) is 20.8 Å². The number of aryl methyl sites for hydroxylation is 1. The zero-order chi connectivity index (χ0) is 21.6. The Kier molecular flexibility index (Phi) is 7.53. The third-order valence-corrected chi connectivity index (χ3v) is 4.41. The van der Waals surface area contributed by atoms with Crippen LogP contribution in [-0.2, 0) is 12.8 Å². The molecular formula is C20H26F3N3O3. The minimum absolute atomic E-state index is 0.0288. The molecule has 0 bridgehead atoms. The molecule has 0 atom stereocenters. The van der Waals surface area contributed by atoms with Crippen LogP contribution in [0, 0.1) is 0 Å². The van der Waals surface area contributed by atoms with Crippen LogP contribution < -0.4 is 19.9 Å². The maximum absolute atomic E-state index is 12.4. The molecule has 0 saturated heterocycles. The molecule has 29 heavy (non-hydrogen) atoms. The lowest BCUT2D eigenvalue weighted by atomic mass is 10.1. The highest BCUT2D eigenvalue weighted by atomic mass is 19.4. The summed E-state index contributed by atoms with van der Waals surface area (Å²) in [6.07, 6.45) is -2.22. The van der Waals surface area contributed by atoms with Crippen LogP contribution in [0.25, 0.3) is 0 Å².